The summed E-state index contributed by atoms with van der Waals surface area (Å²) in [5.74, 6) is 1.82. The zero-order valence-electron chi connectivity index (χ0n) is 11.4. The molecule has 3 rings (SSSR count). The fourth-order valence-electron chi connectivity index (χ4n) is 1.75. The first kappa shape index (κ1) is 13.5. The summed E-state index contributed by atoms with van der Waals surface area (Å²) in [5.41, 5.74) is 1.84. The molecule has 104 valence electrons. The number of nitrogens with zero attached hydrogens (tertiary/aromatic N) is 5. The number of hydrogen-bond donors (Lipinski definition) is 0. The van der Waals surface area contributed by atoms with Crippen molar-refractivity contribution in [2.75, 3.05) is 26.4 Å². The molecule has 3 heterocycles. The van der Waals surface area contributed by atoms with Gasteiger partial charge in [0.2, 0.25) is 0 Å². The summed E-state index contributed by atoms with van der Waals surface area (Å²) >= 11 is 3.39. The Bertz CT molecular complexity index is 690. The van der Waals surface area contributed by atoms with Gasteiger partial charge in [0.15, 0.2) is 11.5 Å². The third kappa shape index (κ3) is 2.84. The average Bonchev–Trinajstić information content (AvgIpc) is 3.06. The summed E-state index contributed by atoms with van der Waals surface area (Å²) < 4.78 is 1.82. The van der Waals surface area contributed by atoms with Gasteiger partial charge in [0.25, 0.3) is 0 Å². The van der Waals surface area contributed by atoms with Crippen LogP contribution in [0.3, 0.4) is 0 Å². The summed E-state index contributed by atoms with van der Waals surface area (Å²) in [6.07, 6.45) is 0. The molecule has 0 bridgehead atoms. The lowest BCUT2D eigenvalue weighted by atomic mass is 10.3. The van der Waals surface area contributed by atoms with Crippen molar-refractivity contribution in [2.45, 2.75) is 5.03 Å². The van der Waals surface area contributed by atoms with Crippen LogP contribution in [0, 0.1) is 0 Å². The number of rotatable bonds is 5. The van der Waals surface area contributed by atoms with Crippen molar-refractivity contribution in [2.24, 2.45) is 0 Å². The van der Waals surface area contributed by atoms with Gasteiger partial charge in [-0.05, 0) is 37.7 Å². The maximum atomic E-state index is 4.63. The minimum atomic E-state index is 0.781. The highest BCUT2D eigenvalue weighted by Gasteiger charge is 2.10. The molecule has 0 atom stereocenters. The van der Waals surface area contributed by atoms with E-state index in [1.807, 2.05) is 28.1 Å². The van der Waals surface area contributed by atoms with Crippen LogP contribution in [0.2, 0.25) is 0 Å². The van der Waals surface area contributed by atoms with E-state index in [0.717, 1.165) is 34.4 Å². The van der Waals surface area contributed by atoms with E-state index in [-0.39, 0.29) is 0 Å². The maximum Gasteiger partial charge on any atom is 0.186 e. The van der Waals surface area contributed by atoms with Crippen molar-refractivity contribution >= 4 is 28.7 Å². The van der Waals surface area contributed by atoms with E-state index in [1.165, 1.54) is 0 Å². The van der Waals surface area contributed by atoms with Gasteiger partial charge >= 0.3 is 0 Å². The van der Waals surface area contributed by atoms with Gasteiger partial charge in [-0.1, -0.05) is 0 Å². The van der Waals surface area contributed by atoms with E-state index < -0.39 is 0 Å². The third-order valence-electron chi connectivity index (χ3n) is 2.81. The summed E-state index contributed by atoms with van der Waals surface area (Å²) in [6, 6.07) is 6.00. The minimum absolute atomic E-state index is 0.781. The van der Waals surface area contributed by atoms with Crippen LogP contribution in [0.1, 0.15) is 0 Å². The van der Waals surface area contributed by atoms with Gasteiger partial charge in [0.05, 0.1) is 0 Å². The molecule has 20 heavy (non-hydrogen) atoms. The molecule has 0 aliphatic heterocycles. The topological polar surface area (TPSA) is 46.3 Å². The zero-order valence-corrected chi connectivity index (χ0v) is 13.0. The molecule has 0 aromatic carbocycles. The molecule has 7 heteroatoms. The van der Waals surface area contributed by atoms with Crippen LogP contribution in [0.25, 0.3) is 17.0 Å². The first-order valence-corrected chi connectivity index (χ1v) is 8.19. The number of fused-ring (bicyclic) bond motifs is 1. The SMILES string of the molecule is CN(C)CCSc1ccc2nnc(-c3ccsc3)n2n1. The predicted octanol–water partition coefficient (Wildman–Crippen LogP) is 2.51. The van der Waals surface area contributed by atoms with Crippen molar-refractivity contribution in [1.82, 2.24) is 24.7 Å². The highest BCUT2D eigenvalue weighted by Crippen LogP contribution is 2.22. The van der Waals surface area contributed by atoms with Gasteiger partial charge < -0.3 is 4.90 Å². The van der Waals surface area contributed by atoms with Crippen LogP contribution in [0.4, 0.5) is 0 Å². The van der Waals surface area contributed by atoms with Crippen LogP contribution >= 0.6 is 23.1 Å². The second-order valence-electron chi connectivity index (χ2n) is 4.63. The first-order chi connectivity index (χ1) is 9.74. The largest absolute Gasteiger partial charge is 0.309 e. The van der Waals surface area contributed by atoms with Crippen molar-refractivity contribution in [3.8, 4) is 11.4 Å². The van der Waals surface area contributed by atoms with Crippen LogP contribution in [-0.2, 0) is 0 Å². The molecule has 0 saturated carbocycles. The Kier molecular flexibility index (Phi) is 4.00. The second-order valence-corrected chi connectivity index (χ2v) is 6.52. The Morgan fingerprint density at radius 1 is 1.25 bits per heavy atom. The minimum Gasteiger partial charge on any atom is -0.309 e. The highest BCUT2D eigenvalue weighted by molar-refractivity contribution is 7.99. The van der Waals surface area contributed by atoms with Crippen molar-refractivity contribution in [1.29, 1.82) is 0 Å². The molecule has 0 spiro atoms. The van der Waals surface area contributed by atoms with Gasteiger partial charge in [-0.2, -0.15) is 21.0 Å². The van der Waals surface area contributed by atoms with Crippen LogP contribution in [0.5, 0.6) is 0 Å². The van der Waals surface area contributed by atoms with E-state index >= 15 is 0 Å². The predicted molar refractivity (Wildman–Crippen MR) is 83.4 cm³/mol. The molecule has 3 aromatic rings. The molecular formula is C13H15N5S2. The van der Waals surface area contributed by atoms with E-state index in [2.05, 4.69) is 39.7 Å². The van der Waals surface area contributed by atoms with Crippen molar-refractivity contribution in [3.63, 3.8) is 0 Å². The number of thiophene rings is 1. The molecule has 0 saturated heterocycles. The molecule has 0 amide bonds. The molecule has 0 unspecified atom stereocenters. The van der Waals surface area contributed by atoms with Crippen LogP contribution < -0.4 is 0 Å². The fourth-order valence-corrected chi connectivity index (χ4v) is 3.36. The Morgan fingerprint density at radius 2 is 2.15 bits per heavy atom. The summed E-state index contributed by atoms with van der Waals surface area (Å²) in [7, 11) is 4.15. The Hall–Kier alpha value is -1.44. The van der Waals surface area contributed by atoms with E-state index in [4.69, 9.17) is 0 Å². The van der Waals surface area contributed by atoms with Gasteiger partial charge in [-0.25, -0.2) is 0 Å². The normalized spacial score (nSPS) is 11.6. The Labute approximate surface area is 125 Å². The quantitative estimate of drug-likeness (QED) is 0.678. The monoisotopic (exact) mass is 305 g/mol. The zero-order chi connectivity index (χ0) is 13.9. The first-order valence-electron chi connectivity index (χ1n) is 6.26. The number of thioether (sulfide) groups is 1. The smallest absolute Gasteiger partial charge is 0.186 e. The van der Waals surface area contributed by atoms with E-state index in [0.29, 0.717) is 0 Å². The average molecular weight is 305 g/mol. The lowest BCUT2D eigenvalue weighted by Gasteiger charge is -2.08. The standard InChI is InChI=1S/C13H15N5S2/c1-17(2)6-8-20-12-4-3-11-14-15-13(18(11)16-12)10-5-7-19-9-10/h3-5,7,9H,6,8H2,1-2H3. The third-order valence-corrected chi connectivity index (χ3v) is 4.39. The maximum absolute atomic E-state index is 4.63. The van der Waals surface area contributed by atoms with Crippen LogP contribution in [0.15, 0.2) is 34.0 Å². The van der Waals surface area contributed by atoms with Crippen LogP contribution in [-0.4, -0.2) is 51.1 Å². The lowest BCUT2D eigenvalue weighted by Crippen LogP contribution is -2.14. The molecule has 0 radical (unpaired) electrons. The molecule has 0 aliphatic carbocycles. The Morgan fingerprint density at radius 3 is 2.90 bits per heavy atom. The molecule has 0 fully saturated rings. The van der Waals surface area contributed by atoms with Gasteiger partial charge in [-0.15, -0.1) is 22.0 Å². The fraction of sp³-hybridized carbons (Fsp3) is 0.308. The van der Waals surface area contributed by atoms with Gasteiger partial charge in [-0.3, -0.25) is 0 Å². The molecule has 0 aliphatic rings. The number of hydrogen-bond acceptors (Lipinski definition) is 6. The van der Waals surface area contributed by atoms with E-state index in [1.54, 1.807) is 23.1 Å². The lowest BCUT2D eigenvalue weighted by molar-refractivity contribution is 0.437. The summed E-state index contributed by atoms with van der Waals surface area (Å²) in [6.45, 7) is 1.03. The second kappa shape index (κ2) is 5.90. The molecule has 5 nitrogen and oxygen atoms in total. The van der Waals surface area contributed by atoms with E-state index in [9.17, 15) is 0 Å². The van der Waals surface area contributed by atoms with Crippen molar-refractivity contribution < 1.29 is 0 Å². The van der Waals surface area contributed by atoms with Crippen molar-refractivity contribution in [3.05, 3.63) is 29.0 Å². The summed E-state index contributed by atoms with van der Waals surface area (Å²) in [5, 5.41) is 18.1. The molecular weight excluding hydrogens is 290 g/mol. The molecule has 3 aromatic heterocycles. The Balaban J connectivity index is 1.87. The van der Waals surface area contributed by atoms with Gasteiger partial charge in [0.1, 0.15) is 5.03 Å². The number of aromatic nitrogens is 4. The molecule has 0 N–H and O–H groups in total. The highest BCUT2D eigenvalue weighted by atomic mass is 32.2. The van der Waals surface area contributed by atoms with Gasteiger partial charge in [0, 0.05) is 23.2 Å². The summed E-state index contributed by atoms with van der Waals surface area (Å²) in [4.78, 5) is 2.17.